The number of nitrogens with zero attached hydrogens (tertiary/aromatic N) is 4. The molecule has 0 saturated carbocycles. The minimum atomic E-state index is -0.744. The maximum Gasteiger partial charge on any atom is 0.346 e. The summed E-state index contributed by atoms with van der Waals surface area (Å²) in [6.45, 7) is 0.793. The Labute approximate surface area is 114 Å². The predicted molar refractivity (Wildman–Crippen MR) is 68.7 cm³/mol. The number of hydrogen-bond donors (Lipinski definition) is 0. The zero-order valence-electron chi connectivity index (χ0n) is 11.5. The van der Waals surface area contributed by atoms with Crippen molar-refractivity contribution >= 4 is 11.8 Å². The molecule has 1 atom stereocenters. The average Bonchev–Trinajstić information content (AvgIpc) is 2.48. The summed E-state index contributed by atoms with van der Waals surface area (Å²) < 4.78 is 11.9. The van der Waals surface area contributed by atoms with Gasteiger partial charge < -0.3 is 14.4 Å². The fraction of sp³-hybridized carbons (Fsp3) is 0.636. The number of ether oxygens (including phenoxy) is 2. The Bertz CT molecular complexity index is 635. The van der Waals surface area contributed by atoms with Crippen molar-refractivity contribution in [3.63, 3.8) is 0 Å². The van der Waals surface area contributed by atoms with E-state index in [4.69, 9.17) is 9.47 Å². The van der Waals surface area contributed by atoms with Crippen molar-refractivity contribution in [1.29, 1.82) is 0 Å². The van der Waals surface area contributed by atoms with Gasteiger partial charge >= 0.3 is 11.7 Å². The Morgan fingerprint density at radius 2 is 2.10 bits per heavy atom. The molecule has 110 valence electrons. The molecule has 2 heterocycles. The molecule has 1 saturated heterocycles. The number of rotatable bonds is 2. The molecular weight excluding hydrogens is 268 g/mol. The van der Waals surface area contributed by atoms with Crippen molar-refractivity contribution in [1.82, 2.24) is 14.3 Å². The molecule has 0 aromatic carbocycles. The summed E-state index contributed by atoms with van der Waals surface area (Å²) in [5.41, 5.74) is -1.08. The van der Waals surface area contributed by atoms with Gasteiger partial charge in [0.25, 0.3) is 5.56 Å². The largest absolute Gasteiger partial charge is 0.467 e. The molecule has 1 aliphatic heterocycles. The number of morpholine rings is 1. The van der Waals surface area contributed by atoms with Crippen LogP contribution < -0.4 is 16.1 Å². The van der Waals surface area contributed by atoms with Gasteiger partial charge in [-0.1, -0.05) is 0 Å². The molecule has 1 unspecified atom stereocenters. The first-order valence-corrected chi connectivity index (χ1v) is 6.04. The summed E-state index contributed by atoms with van der Waals surface area (Å²) in [5.74, 6) is -0.476. The number of aromatic nitrogens is 3. The SMILES string of the molecule is COC(=O)C1COCCN1c1nn(C)c(=O)n(C)c1=O. The molecule has 0 bridgehead atoms. The van der Waals surface area contributed by atoms with Gasteiger partial charge in [-0.15, -0.1) is 5.10 Å². The zero-order valence-corrected chi connectivity index (χ0v) is 11.5. The third-order valence-electron chi connectivity index (χ3n) is 3.18. The van der Waals surface area contributed by atoms with Crippen LogP contribution in [0.1, 0.15) is 0 Å². The highest BCUT2D eigenvalue weighted by molar-refractivity contribution is 5.79. The minimum absolute atomic E-state index is 0.0355. The first-order valence-electron chi connectivity index (χ1n) is 6.04. The van der Waals surface area contributed by atoms with Gasteiger partial charge in [-0.3, -0.25) is 9.36 Å². The quantitative estimate of drug-likeness (QED) is 0.572. The third-order valence-corrected chi connectivity index (χ3v) is 3.18. The van der Waals surface area contributed by atoms with Crippen LogP contribution in [0.3, 0.4) is 0 Å². The molecule has 1 aliphatic rings. The second-order valence-corrected chi connectivity index (χ2v) is 4.40. The van der Waals surface area contributed by atoms with E-state index in [0.717, 1.165) is 9.25 Å². The lowest BCUT2D eigenvalue weighted by Gasteiger charge is -2.33. The van der Waals surface area contributed by atoms with Gasteiger partial charge in [0.2, 0.25) is 5.82 Å². The van der Waals surface area contributed by atoms with Gasteiger partial charge in [-0.2, -0.15) is 0 Å². The lowest BCUT2D eigenvalue weighted by atomic mass is 10.2. The summed E-state index contributed by atoms with van der Waals surface area (Å²) >= 11 is 0. The first-order chi connectivity index (χ1) is 9.47. The van der Waals surface area contributed by atoms with Crippen LogP contribution in [0.15, 0.2) is 9.59 Å². The Balaban J connectivity index is 2.51. The van der Waals surface area contributed by atoms with E-state index in [-0.39, 0.29) is 12.4 Å². The first kappa shape index (κ1) is 14.3. The fourth-order valence-corrected chi connectivity index (χ4v) is 2.05. The number of hydrogen-bond acceptors (Lipinski definition) is 7. The molecule has 0 N–H and O–H groups in total. The number of aryl methyl sites for hydroxylation is 1. The van der Waals surface area contributed by atoms with Crippen LogP contribution in [0, 0.1) is 0 Å². The average molecular weight is 284 g/mol. The molecule has 0 radical (unpaired) electrons. The molecule has 0 spiro atoms. The molecule has 20 heavy (non-hydrogen) atoms. The molecule has 0 aliphatic carbocycles. The van der Waals surface area contributed by atoms with Crippen molar-refractivity contribution in [2.75, 3.05) is 31.8 Å². The van der Waals surface area contributed by atoms with Gasteiger partial charge in [-0.05, 0) is 0 Å². The smallest absolute Gasteiger partial charge is 0.346 e. The van der Waals surface area contributed by atoms with Gasteiger partial charge in [0.1, 0.15) is 0 Å². The van der Waals surface area contributed by atoms with Crippen LogP contribution in [0.4, 0.5) is 5.82 Å². The molecule has 2 rings (SSSR count). The van der Waals surface area contributed by atoms with Crippen molar-refractivity contribution in [2.24, 2.45) is 14.1 Å². The maximum atomic E-state index is 12.2. The second-order valence-electron chi connectivity index (χ2n) is 4.40. The molecule has 9 heteroatoms. The highest BCUT2D eigenvalue weighted by Crippen LogP contribution is 2.13. The summed E-state index contributed by atoms with van der Waals surface area (Å²) in [5, 5.41) is 3.96. The van der Waals surface area contributed by atoms with E-state index in [1.54, 1.807) is 0 Å². The van der Waals surface area contributed by atoms with Crippen LogP contribution in [0.5, 0.6) is 0 Å². The van der Waals surface area contributed by atoms with E-state index >= 15 is 0 Å². The van der Waals surface area contributed by atoms with Gasteiger partial charge in [0.15, 0.2) is 6.04 Å². The van der Waals surface area contributed by atoms with Gasteiger partial charge in [-0.25, -0.2) is 14.3 Å². The van der Waals surface area contributed by atoms with Crippen molar-refractivity contribution < 1.29 is 14.3 Å². The normalized spacial score (nSPS) is 18.9. The Kier molecular flexibility index (Phi) is 3.89. The molecule has 1 fully saturated rings. The molecule has 0 amide bonds. The summed E-state index contributed by atoms with van der Waals surface area (Å²) in [6.07, 6.45) is 0. The number of esters is 1. The molecule has 9 nitrogen and oxygen atoms in total. The van der Waals surface area contributed by atoms with Gasteiger partial charge in [0.05, 0.1) is 20.3 Å². The predicted octanol–water partition coefficient (Wildman–Crippen LogP) is -2.14. The zero-order chi connectivity index (χ0) is 14.9. The van der Waals surface area contributed by atoms with E-state index in [9.17, 15) is 14.4 Å². The van der Waals surface area contributed by atoms with Gasteiger partial charge in [0, 0.05) is 20.6 Å². The lowest BCUT2D eigenvalue weighted by molar-refractivity contribution is -0.144. The summed E-state index contributed by atoms with van der Waals surface area (Å²) in [7, 11) is 4.07. The number of methoxy groups -OCH3 is 1. The standard InChI is InChI=1S/C11H16N4O5/c1-13-9(16)8(12-14(2)11(13)18)15-4-5-20-6-7(15)10(17)19-3/h7H,4-6H2,1-3H3. The maximum absolute atomic E-state index is 12.2. The molecular formula is C11H16N4O5. The van der Waals surface area contributed by atoms with E-state index in [1.165, 1.54) is 26.1 Å². The van der Waals surface area contributed by atoms with Crippen LogP contribution in [0.2, 0.25) is 0 Å². The van der Waals surface area contributed by atoms with E-state index in [1.807, 2.05) is 0 Å². The van der Waals surface area contributed by atoms with E-state index in [2.05, 4.69) is 5.10 Å². The Morgan fingerprint density at radius 3 is 2.75 bits per heavy atom. The van der Waals surface area contributed by atoms with Crippen molar-refractivity contribution in [3.8, 4) is 0 Å². The second kappa shape index (κ2) is 5.45. The van der Waals surface area contributed by atoms with Crippen LogP contribution in [-0.4, -0.2) is 53.2 Å². The Hall–Kier alpha value is -2.16. The van der Waals surface area contributed by atoms with Crippen LogP contribution in [0.25, 0.3) is 0 Å². The monoisotopic (exact) mass is 284 g/mol. The fourth-order valence-electron chi connectivity index (χ4n) is 2.05. The Morgan fingerprint density at radius 1 is 1.40 bits per heavy atom. The van der Waals surface area contributed by atoms with Crippen LogP contribution >= 0.6 is 0 Å². The van der Waals surface area contributed by atoms with Crippen LogP contribution in [-0.2, 0) is 28.4 Å². The number of anilines is 1. The highest BCUT2D eigenvalue weighted by Gasteiger charge is 2.33. The highest BCUT2D eigenvalue weighted by atomic mass is 16.5. The summed E-state index contributed by atoms with van der Waals surface area (Å²) in [4.78, 5) is 37.0. The lowest BCUT2D eigenvalue weighted by Crippen LogP contribution is -2.54. The van der Waals surface area contributed by atoms with E-state index in [0.29, 0.717) is 13.2 Å². The number of carbonyl (C=O) groups excluding carboxylic acids is 1. The molecule has 1 aromatic rings. The number of carbonyl (C=O) groups is 1. The minimum Gasteiger partial charge on any atom is -0.467 e. The van der Waals surface area contributed by atoms with Crippen molar-refractivity contribution in [3.05, 3.63) is 20.8 Å². The molecule has 1 aromatic heterocycles. The van der Waals surface area contributed by atoms with Crippen molar-refractivity contribution in [2.45, 2.75) is 6.04 Å². The third kappa shape index (κ3) is 2.31. The topological polar surface area (TPSA) is 95.7 Å². The van der Waals surface area contributed by atoms with E-state index < -0.39 is 23.3 Å². The summed E-state index contributed by atoms with van der Waals surface area (Å²) in [6, 6.07) is -0.744.